The third kappa shape index (κ3) is 2.91. The highest BCUT2D eigenvalue weighted by Crippen LogP contribution is 2.16. The molecule has 0 atom stereocenters. The average molecular weight is 233 g/mol. The first-order valence-corrected chi connectivity index (χ1v) is 5.01. The Morgan fingerprint density at radius 2 is 2.13 bits per heavy atom. The van der Waals surface area contributed by atoms with Gasteiger partial charge in [-0.25, -0.2) is 17.6 Å². The normalized spacial score (nSPS) is 10.1. The van der Waals surface area contributed by atoms with Crippen LogP contribution in [-0.4, -0.2) is 21.5 Å². The lowest BCUT2D eigenvalue weighted by Crippen LogP contribution is -2.04. The molecule has 0 aliphatic rings. The van der Waals surface area contributed by atoms with E-state index in [1.807, 2.05) is 4.72 Å². The van der Waals surface area contributed by atoms with Crippen molar-refractivity contribution in [3.05, 3.63) is 29.6 Å². The number of thiol groups is 1. The van der Waals surface area contributed by atoms with Gasteiger partial charge in [-0.2, -0.15) is 0 Å². The zero-order valence-electron chi connectivity index (χ0n) is 7.69. The second kappa shape index (κ2) is 4.74. The molecule has 1 aromatic carbocycles. The van der Waals surface area contributed by atoms with Gasteiger partial charge < -0.3 is 4.74 Å². The van der Waals surface area contributed by atoms with E-state index in [0.717, 1.165) is 12.1 Å². The van der Waals surface area contributed by atoms with Crippen LogP contribution in [0.5, 0.6) is 0 Å². The van der Waals surface area contributed by atoms with Crippen LogP contribution in [0.15, 0.2) is 18.2 Å². The van der Waals surface area contributed by atoms with Gasteiger partial charge in [0.15, 0.2) is 0 Å². The lowest BCUT2D eigenvalue weighted by atomic mass is 10.2. The van der Waals surface area contributed by atoms with Crippen molar-refractivity contribution >= 4 is 22.5 Å². The van der Waals surface area contributed by atoms with Gasteiger partial charge in [0.25, 0.3) is 0 Å². The first kappa shape index (κ1) is 11.4. The highest BCUT2D eigenvalue weighted by Gasteiger charge is 2.09. The largest absolute Gasteiger partial charge is 0.465 e. The van der Waals surface area contributed by atoms with Crippen LogP contribution in [0.25, 0.3) is 0 Å². The zero-order valence-corrected chi connectivity index (χ0v) is 8.58. The van der Waals surface area contributed by atoms with Crippen LogP contribution in [0.1, 0.15) is 10.4 Å². The molecule has 7 heteroatoms. The molecule has 0 saturated carbocycles. The van der Waals surface area contributed by atoms with E-state index in [9.17, 15) is 17.6 Å². The maximum absolute atomic E-state index is 13.2. The van der Waals surface area contributed by atoms with E-state index < -0.39 is 22.7 Å². The molecule has 5 nitrogen and oxygen atoms in total. The molecule has 0 bridgehead atoms. The second-order valence-corrected chi connectivity index (χ2v) is 3.29. The molecule has 0 aliphatic carbocycles. The molecule has 82 valence electrons. The van der Waals surface area contributed by atoms with E-state index in [1.54, 1.807) is 0 Å². The lowest BCUT2D eigenvalue weighted by molar-refractivity contribution is 0.0600. The van der Waals surface area contributed by atoms with Gasteiger partial charge in [0.1, 0.15) is 5.82 Å². The maximum atomic E-state index is 13.2. The van der Waals surface area contributed by atoms with Gasteiger partial charge in [-0.1, -0.05) is 0 Å². The van der Waals surface area contributed by atoms with E-state index in [-0.39, 0.29) is 11.3 Å². The number of benzene rings is 1. The predicted molar refractivity (Wildman–Crippen MR) is 51.7 cm³/mol. The summed E-state index contributed by atoms with van der Waals surface area (Å²) in [5.41, 5.74) is -0.194. The third-order valence-corrected chi connectivity index (χ3v) is 2.03. The van der Waals surface area contributed by atoms with Crippen LogP contribution in [0.2, 0.25) is 0 Å². The number of anilines is 1. The fourth-order valence-corrected chi connectivity index (χ4v) is 1.33. The minimum absolute atomic E-state index is 0.0154. The average Bonchev–Trinajstić information content (AvgIpc) is 2.19. The van der Waals surface area contributed by atoms with Crippen molar-refractivity contribution in [2.45, 2.75) is 0 Å². The van der Waals surface area contributed by atoms with Gasteiger partial charge in [0.2, 0.25) is 10.9 Å². The molecule has 0 fully saturated rings. The number of hydrogen-bond donors (Lipinski definition) is 2. The summed E-state index contributed by atoms with van der Waals surface area (Å²) >= 11 is 0. The summed E-state index contributed by atoms with van der Waals surface area (Å²) in [6.45, 7) is 0. The van der Waals surface area contributed by atoms with Gasteiger partial charge in [-0.3, -0.25) is 4.72 Å². The first-order valence-electron chi connectivity index (χ1n) is 3.83. The Morgan fingerprint density at radius 1 is 1.47 bits per heavy atom. The Kier molecular flexibility index (Phi) is 3.62. The molecular weight excluding hydrogens is 225 g/mol. The molecule has 1 aromatic rings. The summed E-state index contributed by atoms with van der Waals surface area (Å²) in [4.78, 5) is 11.0. The summed E-state index contributed by atoms with van der Waals surface area (Å²) in [6.07, 6.45) is 0. The first-order chi connectivity index (χ1) is 7.04. The van der Waals surface area contributed by atoms with Gasteiger partial charge in [-0.15, -0.1) is 0 Å². The third-order valence-electron chi connectivity index (χ3n) is 1.60. The van der Waals surface area contributed by atoms with Crippen LogP contribution in [-0.2, 0) is 15.6 Å². The lowest BCUT2D eigenvalue weighted by Gasteiger charge is -2.03. The van der Waals surface area contributed by atoms with Crippen LogP contribution >= 0.6 is 0 Å². The Labute approximate surface area is 86.9 Å². The monoisotopic (exact) mass is 233 g/mol. The number of carbonyl (C=O) groups excluding carboxylic acids is 1. The van der Waals surface area contributed by atoms with E-state index in [4.69, 9.17) is 0 Å². The predicted octanol–water partition coefficient (Wildman–Crippen LogP) is 0.551. The quantitative estimate of drug-likeness (QED) is 0.590. The molecule has 1 N–H and O–H groups in total. The molecule has 0 unspecified atom stereocenters. The van der Waals surface area contributed by atoms with E-state index in [0.29, 0.717) is 0 Å². The summed E-state index contributed by atoms with van der Waals surface area (Å²) in [5, 5.41) is 0. The minimum Gasteiger partial charge on any atom is -0.465 e. The molecule has 15 heavy (non-hydrogen) atoms. The van der Waals surface area contributed by atoms with E-state index >= 15 is 0 Å². The molecule has 0 heterocycles. The van der Waals surface area contributed by atoms with Gasteiger partial charge in [-0.05, 0) is 18.2 Å². The topological polar surface area (TPSA) is 72.5 Å². The van der Waals surface area contributed by atoms with Crippen molar-refractivity contribution in [2.24, 2.45) is 0 Å². The van der Waals surface area contributed by atoms with Crippen molar-refractivity contribution in [1.82, 2.24) is 0 Å². The number of carbonyl (C=O) groups is 1. The van der Waals surface area contributed by atoms with Crippen LogP contribution in [0.3, 0.4) is 0 Å². The SMILES string of the molecule is COC(=O)c1ccc(N[SH](=O)=O)c(F)c1. The van der Waals surface area contributed by atoms with Crippen molar-refractivity contribution < 1.29 is 22.3 Å². The number of ether oxygens (including phenoxy) is 1. The summed E-state index contributed by atoms with van der Waals surface area (Å²) in [5.74, 6) is -1.52. The molecule has 0 amide bonds. The van der Waals surface area contributed by atoms with Crippen molar-refractivity contribution in [3.63, 3.8) is 0 Å². The molecule has 1 rings (SSSR count). The van der Waals surface area contributed by atoms with Crippen molar-refractivity contribution in [2.75, 3.05) is 11.8 Å². The number of esters is 1. The molecule has 0 saturated heterocycles. The number of halogens is 1. The molecular formula is C8H8FNO4S. The Bertz CT molecular complexity index is 450. The standard InChI is InChI=1S/C8H8FNO4S/c1-14-8(11)5-2-3-7(6(9)4-5)10-15(12)13/h2-4,15H,1H3,(H,10,12,13). The Morgan fingerprint density at radius 3 is 2.60 bits per heavy atom. The Balaban J connectivity index is 3.02. The van der Waals surface area contributed by atoms with Gasteiger partial charge in [0.05, 0.1) is 18.4 Å². The highest BCUT2D eigenvalue weighted by atomic mass is 32.2. The fourth-order valence-electron chi connectivity index (χ4n) is 0.949. The minimum atomic E-state index is -2.93. The molecule has 0 spiro atoms. The zero-order chi connectivity index (χ0) is 11.4. The highest BCUT2D eigenvalue weighted by molar-refractivity contribution is 7.73. The van der Waals surface area contributed by atoms with Crippen LogP contribution < -0.4 is 4.72 Å². The number of nitrogens with one attached hydrogen (secondary N) is 1. The second-order valence-electron chi connectivity index (χ2n) is 2.56. The number of hydrogen-bond acceptors (Lipinski definition) is 4. The maximum Gasteiger partial charge on any atom is 0.337 e. The summed E-state index contributed by atoms with van der Waals surface area (Å²) in [6, 6.07) is 3.30. The Hall–Kier alpha value is -1.63. The number of rotatable bonds is 3. The van der Waals surface area contributed by atoms with Crippen molar-refractivity contribution in [3.8, 4) is 0 Å². The van der Waals surface area contributed by atoms with E-state index in [2.05, 4.69) is 4.74 Å². The van der Waals surface area contributed by atoms with Crippen molar-refractivity contribution in [1.29, 1.82) is 0 Å². The molecule has 0 aliphatic heterocycles. The van der Waals surface area contributed by atoms with Crippen LogP contribution in [0, 0.1) is 5.82 Å². The smallest absolute Gasteiger partial charge is 0.337 e. The van der Waals surface area contributed by atoms with Gasteiger partial charge >= 0.3 is 5.97 Å². The fraction of sp³-hybridized carbons (Fsp3) is 0.125. The molecule has 0 aromatic heterocycles. The summed E-state index contributed by atoms with van der Waals surface area (Å²) in [7, 11) is -1.76. The van der Waals surface area contributed by atoms with Gasteiger partial charge in [0, 0.05) is 0 Å². The number of methoxy groups -OCH3 is 1. The van der Waals surface area contributed by atoms with E-state index in [1.165, 1.54) is 13.2 Å². The van der Waals surface area contributed by atoms with Crippen LogP contribution in [0.4, 0.5) is 10.1 Å². The summed E-state index contributed by atoms with van der Waals surface area (Å²) < 4.78 is 39.9. The molecule has 0 radical (unpaired) electrons.